The van der Waals surface area contributed by atoms with Crippen molar-refractivity contribution in [2.24, 2.45) is 10.7 Å². The maximum absolute atomic E-state index is 13.3. The van der Waals surface area contributed by atoms with E-state index in [4.69, 9.17) is 10.5 Å². The van der Waals surface area contributed by atoms with Gasteiger partial charge in [-0.25, -0.2) is 4.39 Å². The highest BCUT2D eigenvalue weighted by Gasteiger charge is 2.03. The van der Waals surface area contributed by atoms with Gasteiger partial charge in [-0.1, -0.05) is 24.3 Å². The molecule has 0 amide bonds. The van der Waals surface area contributed by atoms with Crippen LogP contribution in [0.2, 0.25) is 0 Å². The zero-order valence-electron chi connectivity index (χ0n) is 11.8. The second kappa shape index (κ2) is 7.28. The van der Waals surface area contributed by atoms with Crippen LogP contribution in [-0.2, 0) is 6.42 Å². The molecule has 0 saturated heterocycles. The molecule has 0 radical (unpaired) electrons. The Morgan fingerprint density at radius 1 is 1.24 bits per heavy atom. The quantitative estimate of drug-likeness (QED) is 0.656. The average molecular weight is 287 g/mol. The molecule has 4 nitrogen and oxygen atoms in total. The normalized spacial score (nSPS) is 11.2. The number of rotatable bonds is 5. The molecule has 0 aliphatic rings. The van der Waals surface area contributed by atoms with E-state index in [-0.39, 0.29) is 11.6 Å². The summed E-state index contributed by atoms with van der Waals surface area (Å²) in [6.07, 6.45) is 0.661. The lowest BCUT2D eigenvalue weighted by atomic mass is 10.1. The Hall–Kier alpha value is -2.56. The molecule has 21 heavy (non-hydrogen) atoms. The molecule has 0 aliphatic carbocycles. The van der Waals surface area contributed by atoms with Crippen molar-refractivity contribution in [3.8, 4) is 5.75 Å². The largest absolute Gasteiger partial charge is 0.494 e. The predicted molar refractivity (Wildman–Crippen MR) is 83.2 cm³/mol. The van der Waals surface area contributed by atoms with Crippen molar-refractivity contribution < 1.29 is 9.13 Å². The number of nitrogens with zero attached hydrogens (tertiary/aromatic N) is 1. The minimum atomic E-state index is -0.366. The van der Waals surface area contributed by atoms with E-state index >= 15 is 0 Å². The fraction of sp³-hybridized carbons (Fsp3) is 0.188. The Bertz CT molecular complexity index is 614. The van der Waals surface area contributed by atoms with E-state index in [1.54, 1.807) is 12.1 Å². The molecule has 0 aliphatic heterocycles. The molecule has 0 saturated carbocycles. The number of ether oxygens (including phenoxy) is 1. The first kappa shape index (κ1) is 14.8. The van der Waals surface area contributed by atoms with Gasteiger partial charge in [0.15, 0.2) is 17.5 Å². The summed E-state index contributed by atoms with van der Waals surface area (Å²) >= 11 is 0. The summed E-state index contributed by atoms with van der Waals surface area (Å²) in [6, 6.07) is 14.4. The van der Waals surface area contributed by atoms with Gasteiger partial charge in [-0.15, -0.1) is 0 Å². The first-order chi connectivity index (χ1) is 10.2. The summed E-state index contributed by atoms with van der Waals surface area (Å²) in [5, 5.41) is 3.00. The second-order valence-electron chi connectivity index (χ2n) is 4.48. The molecule has 110 valence electrons. The van der Waals surface area contributed by atoms with Crippen LogP contribution in [0.4, 0.5) is 10.1 Å². The van der Waals surface area contributed by atoms with E-state index in [1.807, 2.05) is 30.3 Å². The molecule has 2 aromatic rings. The molecule has 0 heterocycles. The van der Waals surface area contributed by atoms with Crippen LogP contribution in [0, 0.1) is 5.82 Å². The summed E-state index contributed by atoms with van der Waals surface area (Å²) in [5.41, 5.74) is 7.64. The molecule has 0 atom stereocenters. The summed E-state index contributed by atoms with van der Waals surface area (Å²) < 4.78 is 18.2. The van der Waals surface area contributed by atoms with Gasteiger partial charge in [0.25, 0.3) is 0 Å². The Labute approximate surface area is 123 Å². The zero-order valence-corrected chi connectivity index (χ0v) is 11.8. The van der Waals surface area contributed by atoms with Crippen molar-refractivity contribution >= 4 is 11.6 Å². The van der Waals surface area contributed by atoms with Crippen molar-refractivity contribution in [1.82, 2.24) is 0 Å². The molecular weight excluding hydrogens is 269 g/mol. The van der Waals surface area contributed by atoms with Crippen LogP contribution in [0.1, 0.15) is 5.56 Å². The maximum atomic E-state index is 13.3. The Balaban J connectivity index is 1.89. The summed E-state index contributed by atoms with van der Waals surface area (Å²) in [4.78, 5) is 4.24. The molecular formula is C16H18FN3O. The van der Waals surface area contributed by atoms with Gasteiger partial charge in [0.2, 0.25) is 0 Å². The minimum Gasteiger partial charge on any atom is -0.494 e. The monoisotopic (exact) mass is 287 g/mol. The number of hydrogen-bond acceptors (Lipinski definition) is 2. The number of anilines is 1. The number of aliphatic imine (C=N–C) groups is 1. The third-order valence-corrected chi connectivity index (χ3v) is 2.94. The number of hydrogen-bond donors (Lipinski definition) is 2. The Morgan fingerprint density at radius 2 is 2.00 bits per heavy atom. The lowest BCUT2D eigenvalue weighted by molar-refractivity contribution is 0.386. The lowest BCUT2D eigenvalue weighted by Crippen LogP contribution is -2.23. The Kier molecular flexibility index (Phi) is 5.15. The first-order valence-electron chi connectivity index (χ1n) is 6.63. The molecule has 0 fully saturated rings. The summed E-state index contributed by atoms with van der Waals surface area (Å²) in [6.45, 7) is 0.514. The summed E-state index contributed by atoms with van der Waals surface area (Å²) in [5.74, 6) is 0.233. The fourth-order valence-electron chi connectivity index (χ4n) is 1.87. The van der Waals surface area contributed by atoms with Crippen LogP contribution < -0.4 is 15.8 Å². The standard InChI is InChI=1S/C16H18FN3O/c1-21-15-11-12(7-8-14(15)17)9-10-19-16(18)20-13-5-3-2-4-6-13/h2-8,11H,9-10H2,1H3,(H3,18,19,20). The minimum absolute atomic E-state index is 0.242. The van der Waals surface area contributed by atoms with E-state index in [2.05, 4.69) is 10.3 Å². The van der Waals surface area contributed by atoms with E-state index < -0.39 is 0 Å². The number of benzene rings is 2. The number of guanidine groups is 1. The highest BCUT2D eigenvalue weighted by Crippen LogP contribution is 2.18. The van der Waals surface area contributed by atoms with E-state index in [1.165, 1.54) is 13.2 Å². The van der Waals surface area contributed by atoms with Crippen LogP contribution >= 0.6 is 0 Å². The van der Waals surface area contributed by atoms with Gasteiger partial charge >= 0.3 is 0 Å². The Morgan fingerprint density at radius 3 is 2.71 bits per heavy atom. The molecule has 0 aromatic heterocycles. The second-order valence-corrected chi connectivity index (χ2v) is 4.48. The molecule has 2 aromatic carbocycles. The van der Waals surface area contributed by atoms with Crippen LogP contribution in [-0.4, -0.2) is 19.6 Å². The number of halogens is 1. The molecule has 5 heteroatoms. The number of nitrogens with two attached hydrogens (primary N) is 1. The van der Waals surface area contributed by atoms with Gasteiger partial charge < -0.3 is 15.8 Å². The van der Waals surface area contributed by atoms with Crippen molar-refractivity contribution in [2.45, 2.75) is 6.42 Å². The fourth-order valence-corrected chi connectivity index (χ4v) is 1.87. The van der Waals surface area contributed by atoms with Gasteiger partial charge in [0, 0.05) is 12.2 Å². The van der Waals surface area contributed by atoms with Gasteiger partial charge in [-0.2, -0.15) is 0 Å². The van der Waals surface area contributed by atoms with Crippen LogP contribution in [0.15, 0.2) is 53.5 Å². The van der Waals surface area contributed by atoms with E-state index in [0.29, 0.717) is 18.9 Å². The average Bonchev–Trinajstić information content (AvgIpc) is 2.50. The van der Waals surface area contributed by atoms with Crippen molar-refractivity contribution in [1.29, 1.82) is 0 Å². The van der Waals surface area contributed by atoms with E-state index in [9.17, 15) is 4.39 Å². The highest BCUT2D eigenvalue weighted by molar-refractivity contribution is 5.92. The van der Waals surface area contributed by atoms with Gasteiger partial charge in [0.1, 0.15) is 0 Å². The number of nitrogens with one attached hydrogen (secondary N) is 1. The van der Waals surface area contributed by atoms with Gasteiger partial charge in [-0.3, -0.25) is 4.99 Å². The van der Waals surface area contributed by atoms with Crippen LogP contribution in [0.25, 0.3) is 0 Å². The third kappa shape index (κ3) is 4.49. The van der Waals surface area contributed by atoms with E-state index in [0.717, 1.165) is 11.3 Å². The molecule has 2 rings (SSSR count). The smallest absolute Gasteiger partial charge is 0.193 e. The van der Waals surface area contributed by atoms with Gasteiger partial charge in [-0.05, 0) is 36.2 Å². The van der Waals surface area contributed by atoms with Crippen LogP contribution in [0.5, 0.6) is 5.75 Å². The van der Waals surface area contributed by atoms with Crippen molar-refractivity contribution in [3.63, 3.8) is 0 Å². The lowest BCUT2D eigenvalue weighted by Gasteiger charge is -2.06. The first-order valence-corrected chi connectivity index (χ1v) is 6.63. The molecule has 3 N–H and O–H groups in total. The SMILES string of the molecule is COc1cc(CCN=C(N)Nc2ccccc2)ccc1F. The maximum Gasteiger partial charge on any atom is 0.193 e. The van der Waals surface area contributed by atoms with Crippen molar-refractivity contribution in [2.75, 3.05) is 19.0 Å². The van der Waals surface area contributed by atoms with Gasteiger partial charge in [0.05, 0.1) is 7.11 Å². The molecule has 0 spiro atoms. The van der Waals surface area contributed by atoms with Crippen LogP contribution in [0.3, 0.4) is 0 Å². The topological polar surface area (TPSA) is 59.6 Å². The number of para-hydroxylation sites is 1. The third-order valence-electron chi connectivity index (χ3n) is 2.94. The molecule has 0 unspecified atom stereocenters. The highest BCUT2D eigenvalue weighted by atomic mass is 19.1. The van der Waals surface area contributed by atoms with Crippen molar-refractivity contribution in [3.05, 3.63) is 59.9 Å². The summed E-state index contributed by atoms with van der Waals surface area (Å²) in [7, 11) is 1.45. The predicted octanol–water partition coefficient (Wildman–Crippen LogP) is 2.80. The molecule has 0 bridgehead atoms. The number of methoxy groups -OCH3 is 1. The zero-order chi connectivity index (χ0) is 15.1.